The average Bonchev–Trinajstić information content (AvgIpc) is 3.48. The number of aliphatic imine (C=N–C) groups is 1. The lowest BCUT2D eigenvalue weighted by Crippen LogP contribution is -2.28. The van der Waals surface area contributed by atoms with Gasteiger partial charge in [0, 0.05) is 23.8 Å². The van der Waals surface area contributed by atoms with Gasteiger partial charge >= 0.3 is 5.97 Å². The Bertz CT molecular complexity index is 1650. The van der Waals surface area contributed by atoms with E-state index in [9.17, 15) is 24.8 Å². The molecule has 0 radical (unpaired) electrons. The highest BCUT2D eigenvalue weighted by Gasteiger charge is 2.35. The van der Waals surface area contributed by atoms with E-state index in [1.807, 2.05) is 6.07 Å². The Labute approximate surface area is 224 Å². The first-order chi connectivity index (χ1) is 18.3. The van der Waals surface area contributed by atoms with Crippen molar-refractivity contribution in [1.82, 2.24) is 0 Å². The van der Waals surface area contributed by atoms with Crippen molar-refractivity contribution in [2.24, 2.45) is 4.99 Å². The van der Waals surface area contributed by atoms with E-state index >= 15 is 0 Å². The number of hydrogen-bond acceptors (Lipinski definition) is 7. The van der Waals surface area contributed by atoms with Crippen LogP contribution in [0.4, 0.5) is 17.1 Å². The van der Waals surface area contributed by atoms with Crippen LogP contribution in [-0.4, -0.2) is 27.1 Å². The number of carbonyl (C=O) groups is 2. The fourth-order valence-electron chi connectivity index (χ4n) is 3.69. The number of carbonyl (C=O) groups excluding carboxylic acids is 1. The second-order valence-electron chi connectivity index (χ2n) is 7.96. The summed E-state index contributed by atoms with van der Waals surface area (Å²) in [6.07, 6.45) is 1.57. The van der Waals surface area contributed by atoms with E-state index in [0.29, 0.717) is 38.5 Å². The molecular formula is C27H16ClN3O6S. The van der Waals surface area contributed by atoms with Crippen molar-refractivity contribution in [3.63, 3.8) is 0 Å². The SMILES string of the molecule is O=C(O)c1cccc(N=C2S/C(=C/c3ccc(-c4ccc([N+](=O)[O-])cc4Cl)o3)C(=O)N2c2ccccc2)c1. The number of carboxylic acids is 1. The number of aromatic carboxylic acids is 1. The number of amidine groups is 1. The second-order valence-corrected chi connectivity index (χ2v) is 9.38. The molecule has 3 aromatic carbocycles. The maximum absolute atomic E-state index is 13.5. The number of non-ortho nitro benzene ring substituents is 1. The maximum atomic E-state index is 13.5. The van der Waals surface area contributed by atoms with Crippen molar-refractivity contribution in [1.29, 1.82) is 0 Å². The Kier molecular flexibility index (Phi) is 6.82. The maximum Gasteiger partial charge on any atom is 0.335 e. The molecule has 1 saturated heterocycles. The van der Waals surface area contributed by atoms with Gasteiger partial charge in [0.2, 0.25) is 0 Å². The highest BCUT2D eigenvalue weighted by atomic mass is 35.5. The average molecular weight is 546 g/mol. The van der Waals surface area contributed by atoms with Gasteiger partial charge in [-0.1, -0.05) is 35.9 Å². The van der Waals surface area contributed by atoms with E-state index in [1.54, 1.807) is 54.6 Å². The van der Waals surface area contributed by atoms with Crippen LogP contribution in [0, 0.1) is 10.1 Å². The van der Waals surface area contributed by atoms with Crippen LogP contribution in [0.1, 0.15) is 16.1 Å². The highest BCUT2D eigenvalue weighted by molar-refractivity contribution is 8.19. The van der Waals surface area contributed by atoms with E-state index in [-0.39, 0.29) is 22.2 Å². The number of halogens is 1. The predicted molar refractivity (Wildman–Crippen MR) is 146 cm³/mol. The van der Waals surface area contributed by atoms with Crippen LogP contribution in [0.15, 0.2) is 99.2 Å². The molecule has 1 amide bonds. The number of carboxylic acid groups (broad SMARTS) is 1. The molecule has 1 aliphatic heterocycles. The molecule has 1 aromatic heterocycles. The number of benzene rings is 3. The minimum Gasteiger partial charge on any atom is -0.478 e. The Morgan fingerprint density at radius 3 is 2.55 bits per heavy atom. The summed E-state index contributed by atoms with van der Waals surface area (Å²) in [4.78, 5) is 41.6. The summed E-state index contributed by atoms with van der Waals surface area (Å²) in [5.41, 5.74) is 1.40. The Balaban J connectivity index is 1.50. The third-order valence-electron chi connectivity index (χ3n) is 5.47. The molecule has 0 spiro atoms. The first kappa shape index (κ1) is 25.0. The van der Waals surface area contributed by atoms with Crippen LogP contribution < -0.4 is 4.90 Å². The van der Waals surface area contributed by atoms with Crippen LogP contribution in [-0.2, 0) is 4.79 Å². The van der Waals surface area contributed by atoms with Crippen LogP contribution in [0.25, 0.3) is 17.4 Å². The largest absolute Gasteiger partial charge is 0.478 e. The predicted octanol–water partition coefficient (Wildman–Crippen LogP) is 7.02. The van der Waals surface area contributed by atoms with E-state index in [1.165, 1.54) is 35.2 Å². The van der Waals surface area contributed by atoms with Crippen LogP contribution in [0.2, 0.25) is 5.02 Å². The van der Waals surface area contributed by atoms with Gasteiger partial charge in [-0.05, 0) is 60.3 Å². The summed E-state index contributed by atoms with van der Waals surface area (Å²) in [6, 6.07) is 22.5. The van der Waals surface area contributed by atoms with Crippen LogP contribution in [0.5, 0.6) is 0 Å². The summed E-state index contributed by atoms with van der Waals surface area (Å²) >= 11 is 7.35. The highest BCUT2D eigenvalue weighted by Crippen LogP contribution is 2.38. The van der Waals surface area contributed by atoms with Crippen molar-refractivity contribution in [2.45, 2.75) is 0 Å². The summed E-state index contributed by atoms with van der Waals surface area (Å²) in [5, 5.41) is 20.8. The quantitative estimate of drug-likeness (QED) is 0.157. The van der Waals surface area contributed by atoms with Gasteiger partial charge in [0.25, 0.3) is 11.6 Å². The van der Waals surface area contributed by atoms with Crippen molar-refractivity contribution < 1.29 is 24.0 Å². The lowest BCUT2D eigenvalue weighted by molar-refractivity contribution is -0.384. The molecule has 5 rings (SSSR count). The minimum atomic E-state index is -1.08. The van der Waals surface area contributed by atoms with Gasteiger partial charge in [-0.15, -0.1) is 0 Å². The minimum absolute atomic E-state index is 0.0798. The van der Waals surface area contributed by atoms with Crippen LogP contribution in [0.3, 0.4) is 0 Å². The molecule has 0 bridgehead atoms. The fourth-order valence-corrected chi connectivity index (χ4v) is 4.94. The number of nitro groups is 1. The van der Waals surface area contributed by atoms with Crippen molar-refractivity contribution >= 4 is 63.5 Å². The Hall–Kier alpha value is -4.67. The van der Waals surface area contributed by atoms with Gasteiger partial charge < -0.3 is 9.52 Å². The van der Waals surface area contributed by atoms with Gasteiger partial charge in [-0.25, -0.2) is 9.79 Å². The first-order valence-corrected chi connectivity index (χ1v) is 12.2. The number of thioether (sulfide) groups is 1. The topological polar surface area (TPSA) is 126 Å². The number of furan rings is 1. The molecule has 11 heteroatoms. The number of nitro benzene ring substituents is 1. The van der Waals surface area contributed by atoms with E-state index in [4.69, 9.17) is 16.0 Å². The zero-order valence-corrected chi connectivity index (χ0v) is 20.8. The molecule has 4 aromatic rings. The summed E-state index contributed by atoms with van der Waals surface area (Å²) in [6.45, 7) is 0. The molecule has 0 saturated carbocycles. The molecule has 2 heterocycles. The third-order valence-corrected chi connectivity index (χ3v) is 6.75. The molecule has 0 unspecified atom stereocenters. The molecule has 9 nitrogen and oxygen atoms in total. The molecule has 1 fully saturated rings. The van der Waals surface area contributed by atoms with E-state index in [2.05, 4.69) is 4.99 Å². The van der Waals surface area contributed by atoms with Gasteiger partial charge in [-0.3, -0.25) is 19.8 Å². The van der Waals surface area contributed by atoms with E-state index in [0.717, 1.165) is 11.8 Å². The smallest absolute Gasteiger partial charge is 0.335 e. The number of nitrogens with zero attached hydrogens (tertiary/aromatic N) is 3. The zero-order chi connectivity index (χ0) is 26.8. The van der Waals surface area contributed by atoms with Gasteiger partial charge in [0.15, 0.2) is 5.17 Å². The fraction of sp³-hybridized carbons (Fsp3) is 0. The Morgan fingerprint density at radius 2 is 1.84 bits per heavy atom. The third kappa shape index (κ3) is 5.08. The number of amides is 1. The Morgan fingerprint density at radius 1 is 1.05 bits per heavy atom. The summed E-state index contributed by atoms with van der Waals surface area (Å²) in [7, 11) is 0. The summed E-state index contributed by atoms with van der Waals surface area (Å²) in [5.74, 6) is -0.663. The molecule has 1 aliphatic rings. The van der Waals surface area contributed by atoms with Gasteiger partial charge in [0.05, 0.1) is 31.8 Å². The normalized spacial score (nSPS) is 15.4. The van der Waals surface area contributed by atoms with Gasteiger partial charge in [-0.2, -0.15) is 0 Å². The zero-order valence-electron chi connectivity index (χ0n) is 19.3. The molecular weight excluding hydrogens is 530 g/mol. The molecule has 1 N–H and O–H groups in total. The molecule has 188 valence electrons. The molecule has 38 heavy (non-hydrogen) atoms. The molecule has 0 aliphatic carbocycles. The van der Waals surface area contributed by atoms with Crippen molar-refractivity contribution in [2.75, 3.05) is 4.90 Å². The number of anilines is 1. The second kappa shape index (κ2) is 10.4. The lowest BCUT2D eigenvalue weighted by atomic mass is 10.1. The molecule has 0 atom stereocenters. The van der Waals surface area contributed by atoms with Gasteiger partial charge in [0.1, 0.15) is 11.5 Å². The lowest BCUT2D eigenvalue weighted by Gasteiger charge is -2.15. The summed E-state index contributed by atoms with van der Waals surface area (Å²) < 4.78 is 5.88. The number of hydrogen-bond donors (Lipinski definition) is 1. The number of para-hydroxylation sites is 1. The van der Waals surface area contributed by atoms with Crippen molar-refractivity contribution in [3.8, 4) is 11.3 Å². The van der Waals surface area contributed by atoms with Crippen LogP contribution >= 0.6 is 23.4 Å². The first-order valence-electron chi connectivity index (χ1n) is 11.1. The van der Waals surface area contributed by atoms with Crippen molar-refractivity contribution in [3.05, 3.63) is 116 Å². The standard InChI is InChI=1S/C27H16ClN3O6S/c28-22-14-19(31(35)36)9-11-21(22)23-12-10-20(37-23)15-24-25(32)30(18-7-2-1-3-8-18)27(38-24)29-17-6-4-5-16(13-17)26(33)34/h1-15H,(H,33,34)/b24-15+,29-27?. The monoisotopic (exact) mass is 545 g/mol. The van der Waals surface area contributed by atoms with E-state index < -0.39 is 10.9 Å². The number of rotatable bonds is 6.